The van der Waals surface area contributed by atoms with Gasteiger partial charge in [0.1, 0.15) is 11.6 Å². The standard InChI is InChI=1S/C15H14ClF5O3/c1-14(2)8(4-10(16)15(19,20)21)11(14)13(22)24-6-7-3-9(12(17)18)23-5-7/h3-5,8,11-12H,6H2,1-2H3/t8-,11-/m0/s1. The first-order chi connectivity index (χ1) is 10.9. The second-order valence-corrected chi connectivity index (χ2v) is 6.51. The number of carbonyl (C=O) groups is 1. The summed E-state index contributed by atoms with van der Waals surface area (Å²) in [4.78, 5) is 12.0. The Morgan fingerprint density at radius 3 is 2.58 bits per heavy atom. The van der Waals surface area contributed by atoms with Gasteiger partial charge in [-0.2, -0.15) is 13.2 Å². The molecule has 9 heteroatoms. The maximum Gasteiger partial charge on any atom is 0.426 e. The zero-order chi connectivity index (χ0) is 18.3. The first kappa shape index (κ1) is 18.8. The molecule has 0 N–H and O–H groups in total. The lowest BCUT2D eigenvalue weighted by atomic mass is 10.1. The maximum absolute atomic E-state index is 12.5. The fraction of sp³-hybridized carbons (Fsp3) is 0.533. The summed E-state index contributed by atoms with van der Waals surface area (Å²) >= 11 is 5.20. The molecule has 1 aromatic rings. The van der Waals surface area contributed by atoms with E-state index in [1.807, 2.05) is 0 Å². The van der Waals surface area contributed by atoms with Crippen molar-refractivity contribution < 1.29 is 35.9 Å². The van der Waals surface area contributed by atoms with Crippen molar-refractivity contribution >= 4 is 17.6 Å². The van der Waals surface area contributed by atoms with Crippen LogP contribution < -0.4 is 0 Å². The van der Waals surface area contributed by atoms with Gasteiger partial charge in [-0.15, -0.1) is 0 Å². The molecule has 0 aliphatic heterocycles. The molecule has 3 nitrogen and oxygen atoms in total. The van der Waals surface area contributed by atoms with E-state index >= 15 is 0 Å². The lowest BCUT2D eigenvalue weighted by molar-refractivity contribution is -0.147. The number of halogens is 6. The van der Waals surface area contributed by atoms with Gasteiger partial charge >= 0.3 is 12.1 Å². The van der Waals surface area contributed by atoms with Crippen LogP contribution in [0.3, 0.4) is 0 Å². The Morgan fingerprint density at radius 1 is 1.46 bits per heavy atom. The SMILES string of the molecule is CC1(C)[C@H](C(=O)OCc2coc(C(F)F)c2)[C@@H]1C=C(Cl)C(F)(F)F. The van der Waals surface area contributed by atoms with E-state index < -0.39 is 46.6 Å². The lowest BCUT2D eigenvalue weighted by Gasteiger charge is -2.04. The van der Waals surface area contributed by atoms with Gasteiger partial charge in [-0.05, 0) is 17.4 Å². The third-order valence-electron chi connectivity index (χ3n) is 4.03. The largest absolute Gasteiger partial charge is 0.463 e. The highest BCUT2D eigenvalue weighted by Gasteiger charge is 2.62. The number of carbonyl (C=O) groups excluding carboxylic acids is 1. The van der Waals surface area contributed by atoms with E-state index in [4.69, 9.17) is 16.3 Å². The van der Waals surface area contributed by atoms with Crippen molar-refractivity contribution in [1.82, 2.24) is 0 Å². The van der Waals surface area contributed by atoms with Crippen molar-refractivity contribution in [2.75, 3.05) is 0 Å². The monoisotopic (exact) mass is 372 g/mol. The molecule has 1 heterocycles. The van der Waals surface area contributed by atoms with Crippen LogP contribution in [0.2, 0.25) is 0 Å². The molecule has 0 saturated heterocycles. The predicted molar refractivity (Wildman–Crippen MR) is 74.2 cm³/mol. The maximum atomic E-state index is 12.5. The van der Waals surface area contributed by atoms with Gasteiger partial charge in [0.25, 0.3) is 6.43 Å². The van der Waals surface area contributed by atoms with Crippen molar-refractivity contribution in [1.29, 1.82) is 0 Å². The molecule has 1 aliphatic carbocycles. The summed E-state index contributed by atoms with van der Waals surface area (Å²) in [6.45, 7) is 2.94. The molecule has 1 saturated carbocycles. The molecule has 1 aromatic heterocycles. The van der Waals surface area contributed by atoms with Crippen LogP contribution in [-0.2, 0) is 16.1 Å². The first-order valence-electron chi connectivity index (χ1n) is 6.91. The van der Waals surface area contributed by atoms with Gasteiger partial charge in [0, 0.05) is 5.56 Å². The minimum Gasteiger partial charge on any atom is -0.463 e. The molecular formula is C15H14ClF5O3. The number of esters is 1. The summed E-state index contributed by atoms with van der Waals surface area (Å²) in [7, 11) is 0. The Kier molecular flexibility index (Phi) is 4.99. The summed E-state index contributed by atoms with van der Waals surface area (Å²) in [5, 5.41) is -1.28. The van der Waals surface area contributed by atoms with Gasteiger partial charge < -0.3 is 9.15 Å². The molecule has 0 spiro atoms. The average Bonchev–Trinajstić information content (AvgIpc) is 2.83. The van der Waals surface area contributed by atoms with Gasteiger partial charge in [0.2, 0.25) is 0 Å². The third kappa shape index (κ3) is 3.91. The van der Waals surface area contributed by atoms with Gasteiger partial charge in [-0.3, -0.25) is 4.79 Å². The molecule has 2 rings (SSSR count). The van der Waals surface area contributed by atoms with Crippen LogP contribution in [0.1, 0.15) is 31.6 Å². The van der Waals surface area contributed by atoms with Crippen LogP contribution in [0.15, 0.2) is 27.9 Å². The van der Waals surface area contributed by atoms with Crippen LogP contribution in [0.5, 0.6) is 0 Å². The summed E-state index contributed by atoms with van der Waals surface area (Å²) < 4.78 is 71.7. The third-order valence-corrected chi connectivity index (χ3v) is 4.37. The highest BCUT2D eigenvalue weighted by atomic mass is 35.5. The minimum absolute atomic E-state index is 0.234. The predicted octanol–water partition coefficient (Wildman–Crippen LogP) is 5.22. The summed E-state index contributed by atoms with van der Waals surface area (Å²) in [5.41, 5.74) is -0.495. The highest BCUT2D eigenvalue weighted by Crippen LogP contribution is 2.60. The normalized spacial score (nSPS) is 23.5. The zero-order valence-corrected chi connectivity index (χ0v) is 13.4. The zero-order valence-electron chi connectivity index (χ0n) is 12.7. The van der Waals surface area contributed by atoms with E-state index in [2.05, 4.69) is 4.42 Å². The Bertz CT molecular complexity index is 648. The molecule has 134 valence electrons. The molecule has 24 heavy (non-hydrogen) atoms. The van der Waals surface area contributed by atoms with Gasteiger partial charge in [0.05, 0.1) is 12.2 Å². The number of furan rings is 1. The van der Waals surface area contributed by atoms with Crippen LogP contribution in [0, 0.1) is 17.3 Å². The molecule has 2 atom stereocenters. The van der Waals surface area contributed by atoms with Gasteiger partial charge in [0.15, 0.2) is 5.76 Å². The molecule has 0 radical (unpaired) electrons. The van der Waals surface area contributed by atoms with Crippen molar-refractivity contribution in [3.8, 4) is 0 Å². The topological polar surface area (TPSA) is 39.4 Å². The van der Waals surface area contributed by atoms with E-state index in [1.54, 1.807) is 13.8 Å². The van der Waals surface area contributed by atoms with E-state index in [1.165, 1.54) is 0 Å². The number of allylic oxidation sites excluding steroid dienone is 2. The van der Waals surface area contributed by atoms with Gasteiger partial charge in [-0.25, -0.2) is 8.78 Å². The Labute approximate surface area is 139 Å². The number of alkyl halides is 5. The first-order valence-corrected chi connectivity index (χ1v) is 7.29. The molecule has 1 aliphatic rings. The number of hydrogen-bond acceptors (Lipinski definition) is 3. The quantitative estimate of drug-likeness (QED) is 0.525. The van der Waals surface area contributed by atoms with Crippen LogP contribution >= 0.6 is 11.6 Å². The molecule has 0 amide bonds. The second-order valence-electron chi connectivity index (χ2n) is 6.10. The lowest BCUT2D eigenvalue weighted by Crippen LogP contribution is -2.10. The second kappa shape index (κ2) is 6.38. The van der Waals surface area contributed by atoms with E-state index in [0.717, 1.165) is 18.4 Å². The number of ether oxygens (including phenoxy) is 1. The van der Waals surface area contributed by atoms with Gasteiger partial charge in [-0.1, -0.05) is 31.5 Å². The van der Waals surface area contributed by atoms with Crippen molar-refractivity contribution in [2.24, 2.45) is 17.3 Å². The van der Waals surface area contributed by atoms with Crippen molar-refractivity contribution in [2.45, 2.75) is 33.1 Å². The molecule has 0 aromatic carbocycles. The summed E-state index contributed by atoms with van der Waals surface area (Å²) in [5.74, 6) is -2.76. The van der Waals surface area contributed by atoms with E-state index in [-0.39, 0.29) is 12.2 Å². The number of hydrogen-bond donors (Lipinski definition) is 0. The Hall–Kier alpha value is -1.57. The molecular weight excluding hydrogens is 359 g/mol. The van der Waals surface area contributed by atoms with Crippen LogP contribution in [-0.4, -0.2) is 12.1 Å². The van der Waals surface area contributed by atoms with E-state index in [0.29, 0.717) is 0 Å². The van der Waals surface area contributed by atoms with Crippen molar-refractivity contribution in [3.05, 3.63) is 34.8 Å². The van der Waals surface area contributed by atoms with Crippen molar-refractivity contribution in [3.63, 3.8) is 0 Å². The molecule has 0 bridgehead atoms. The highest BCUT2D eigenvalue weighted by molar-refractivity contribution is 6.30. The fourth-order valence-electron chi connectivity index (χ4n) is 2.52. The minimum atomic E-state index is -4.67. The molecule has 0 unspecified atom stereocenters. The Balaban J connectivity index is 1.97. The summed E-state index contributed by atoms with van der Waals surface area (Å²) in [6, 6.07) is 1.05. The summed E-state index contributed by atoms with van der Waals surface area (Å²) in [6.07, 6.45) is -5.61. The molecule has 1 fully saturated rings. The fourth-order valence-corrected chi connectivity index (χ4v) is 2.66. The van der Waals surface area contributed by atoms with Crippen LogP contribution in [0.25, 0.3) is 0 Å². The van der Waals surface area contributed by atoms with E-state index in [9.17, 15) is 26.7 Å². The van der Waals surface area contributed by atoms with Crippen LogP contribution in [0.4, 0.5) is 22.0 Å². The average molecular weight is 373 g/mol. The smallest absolute Gasteiger partial charge is 0.426 e. The number of rotatable bonds is 5. The Morgan fingerprint density at radius 2 is 2.08 bits per heavy atom.